The van der Waals surface area contributed by atoms with Crippen molar-refractivity contribution in [3.8, 4) is 5.88 Å². The molecule has 0 unspecified atom stereocenters. The summed E-state index contributed by atoms with van der Waals surface area (Å²) in [5, 5.41) is 9.79. The number of nitrogens with zero attached hydrogens (tertiary/aromatic N) is 4. The molecule has 1 aromatic heterocycles. The van der Waals surface area contributed by atoms with Crippen molar-refractivity contribution >= 4 is 17.4 Å². The second-order valence-electron chi connectivity index (χ2n) is 9.33. The van der Waals surface area contributed by atoms with Gasteiger partial charge in [-0.3, -0.25) is 9.59 Å². The van der Waals surface area contributed by atoms with Gasteiger partial charge in [-0.15, -0.1) is 0 Å². The van der Waals surface area contributed by atoms with Gasteiger partial charge in [0.15, 0.2) is 0 Å². The Morgan fingerprint density at radius 1 is 1.38 bits per heavy atom. The number of allylic oxidation sites excluding steroid dienone is 2. The Kier molecular flexibility index (Phi) is 7.90. The van der Waals surface area contributed by atoms with Crippen molar-refractivity contribution in [2.45, 2.75) is 45.3 Å². The van der Waals surface area contributed by atoms with Gasteiger partial charge in [-0.2, -0.15) is 0 Å². The number of rotatable bonds is 7. The first-order valence-electron chi connectivity index (χ1n) is 11.4. The van der Waals surface area contributed by atoms with Crippen LogP contribution in [0.15, 0.2) is 18.3 Å². The molecule has 0 fully saturated rings. The summed E-state index contributed by atoms with van der Waals surface area (Å²) in [6, 6.07) is 1.53. The predicted octanol–water partition coefficient (Wildman–Crippen LogP) is 1.89. The SMILES string of the molecule is C[C@@H]1CN([C@H](C)CO)C(=O)c2cc(C3=CCCC3)cnc2O[C@@H]1CN(C)C(=O)CN(C)C. The van der Waals surface area contributed by atoms with E-state index in [1.165, 1.54) is 5.57 Å². The van der Waals surface area contributed by atoms with Gasteiger partial charge in [0.1, 0.15) is 11.7 Å². The molecule has 1 aromatic rings. The van der Waals surface area contributed by atoms with Crippen molar-refractivity contribution in [3.05, 3.63) is 29.5 Å². The van der Waals surface area contributed by atoms with Crippen molar-refractivity contribution in [1.29, 1.82) is 0 Å². The van der Waals surface area contributed by atoms with Crippen LogP contribution in [0.4, 0.5) is 0 Å². The van der Waals surface area contributed by atoms with E-state index >= 15 is 0 Å². The Morgan fingerprint density at radius 2 is 2.12 bits per heavy atom. The zero-order chi connectivity index (χ0) is 23.4. The normalized spacial score (nSPS) is 22.0. The number of aromatic nitrogens is 1. The molecule has 8 nitrogen and oxygen atoms in total. The van der Waals surface area contributed by atoms with Gasteiger partial charge >= 0.3 is 0 Å². The molecule has 2 aliphatic rings. The maximum Gasteiger partial charge on any atom is 0.259 e. The molecular formula is C24H36N4O4. The molecule has 176 valence electrons. The summed E-state index contributed by atoms with van der Waals surface area (Å²) in [4.78, 5) is 35.7. The summed E-state index contributed by atoms with van der Waals surface area (Å²) >= 11 is 0. The van der Waals surface area contributed by atoms with E-state index in [0.29, 0.717) is 25.2 Å². The molecule has 3 rings (SSSR count). The average molecular weight is 445 g/mol. The van der Waals surface area contributed by atoms with Gasteiger partial charge in [0, 0.05) is 25.7 Å². The first kappa shape index (κ1) is 24.2. The van der Waals surface area contributed by atoms with E-state index in [4.69, 9.17) is 4.74 Å². The van der Waals surface area contributed by atoms with Crippen molar-refractivity contribution in [1.82, 2.24) is 19.7 Å². The van der Waals surface area contributed by atoms with Crippen molar-refractivity contribution < 1.29 is 19.4 Å². The van der Waals surface area contributed by atoms with E-state index in [1.54, 1.807) is 23.0 Å². The molecule has 2 heterocycles. The van der Waals surface area contributed by atoms with Crippen LogP contribution in [0.2, 0.25) is 0 Å². The van der Waals surface area contributed by atoms with Crippen LogP contribution in [0.1, 0.15) is 49.0 Å². The molecule has 0 spiro atoms. The fourth-order valence-corrected chi connectivity index (χ4v) is 4.19. The molecule has 0 aromatic carbocycles. The second kappa shape index (κ2) is 10.4. The predicted molar refractivity (Wildman–Crippen MR) is 123 cm³/mol. The van der Waals surface area contributed by atoms with E-state index in [2.05, 4.69) is 11.1 Å². The summed E-state index contributed by atoms with van der Waals surface area (Å²) in [7, 11) is 5.49. The lowest BCUT2D eigenvalue weighted by molar-refractivity contribution is -0.132. The Hall–Kier alpha value is -2.45. The van der Waals surface area contributed by atoms with Gasteiger partial charge in [-0.05, 0) is 57.5 Å². The standard InChI is InChI=1S/C24H36N4O4/c1-16-12-28(17(2)15-29)24(31)20-10-19(18-8-6-7-9-18)11-25-23(20)32-21(16)13-27(5)22(30)14-26(3)4/h8,10-11,16-17,21,29H,6-7,9,12-15H2,1-5H3/t16-,17-,21-/m1/s1. The van der Waals surface area contributed by atoms with E-state index in [9.17, 15) is 14.7 Å². The summed E-state index contributed by atoms with van der Waals surface area (Å²) in [5.74, 6) is 0.0465. The Morgan fingerprint density at radius 3 is 2.75 bits per heavy atom. The van der Waals surface area contributed by atoms with Crippen LogP contribution < -0.4 is 4.74 Å². The number of carbonyl (C=O) groups is 2. The molecule has 0 saturated carbocycles. The highest BCUT2D eigenvalue weighted by molar-refractivity contribution is 5.97. The quantitative estimate of drug-likeness (QED) is 0.691. The molecule has 2 amide bonds. The molecule has 1 aliphatic heterocycles. The molecule has 3 atom stereocenters. The third kappa shape index (κ3) is 5.48. The van der Waals surface area contributed by atoms with Crippen LogP contribution in [0.25, 0.3) is 5.57 Å². The van der Waals surface area contributed by atoms with Gasteiger partial charge in [-0.25, -0.2) is 4.98 Å². The smallest absolute Gasteiger partial charge is 0.259 e. The Bertz CT molecular complexity index is 870. The number of hydrogen-bond acceptors (Lipinski definition) is 6. The number of hydrogen-bond donors (Lipinski definition) is 1. The Balaban J connectivity index is 1.94. The monoisotopic (exact) mass is 444 g/mol. The van der Waals surface area contributed by atoms with Crippen LogP contribution >= 0.6 is 0 Å². The third-order valence-corrected chi connectivity index (χ3v) is 6.26. The van der Waals surface area contributed by atoms with Crippen LogP contribution in [0.5, 0.6) is 5.88 Å². The van der Waals surface area contributed by atoms with E-state index < -0.39 is 0 Å². The second-order valence-corrected chi connectivity index (χ2v) is 9.33. The lowest BCUT2D eigenvalue weighted by Gasteiger charge is -2.37. The zero-order valence-electron chi connectivity index (χ0n) is 19.9. The van der Waals surface area contributed by atoms with Crippen LogP contribution in [-0.4, -0.2) is 96.1 Å². The highest BCUT2D eigenvalue weighted by atomic mass is 16.5. The largest absolute Gasteiger partial charge is 0.472 e. The number of likely N-dealkylation sites (N-methyl/N-ethyl adjacent to an activating group) is 2. The zero-order valence-corrected chi connectivity index (χ0v) is 19.9. The number of ether oxygens (including phenoxy) is 1. The molecular weight excluding hydrogens is 408 g/mol. The molecule has 32 heavy (non-hydrogen) atoms. The Labute approximate surface area is 190 Å². The first-order valence-corrected chi connectivity index (χ1v) is 11.4. The van der Waals surface area contributed by atoms with Crippen molar-refractivity contribution in [2.75, 3.05) is 47.4 Å². The van der Waals surface area contributed by atoms with Crippen molar-refractivity contribution in [3.63, 3.8) is 0 Å². The lowest BCUT2D eigenvalue weighted by atomic mass is 9.99. The van der Waals surface area contributed by atoms with Crippen molar-refractivity contribution in [2.24, 2.45) is 5.92 Å². The minimum atomic E-state index is -0.338. The fraction of sp³-hybridized carbons (Fsp3) is 0.625. The minimum Gasteiger partial charge on any atom is -0.472 e. The van der Waals surface area contributed by atoms with Gasteiger partial charge in [-0.1, -0.05) is 13.0 Å². The first-order chi connectivity index (χ1) is 15.2. The van der Waals surface area contributed by atoms with Gasteiger partial charge < -0.3 is 24.5 Å². The molecule has 0 saturated heterocycles. The maximum absolute atomic E-state index is 13.5. The van der Waals surface area contributed by atoms with Gasteiger partial charge in [0.2, 0.25) is 11.8 Å². The third-order valence-electron chi connectivity index (χ3n) is 6.26. The van der Waals surface area contributed by atoms with Crippen LogP contribution in [0.3, 0.4) is 0 Å². The van der Waals surface area contributed by atoms with E-state index in [0.717, 1.165) is 24.8 Å². The van der Waals surface area contributed by atoms with Crippen LogP contribution in [-0.2, 0) is 4.79 Å². The number of aliphatic hydroxyl groups is 1. The molecule has 1 N–H and O–H groups in total. The van der Waals surface area contributed by atoms with E-state index in [1.807, 2.05) is 38.9 Å². The highest BCUT2D eigenvalue weighted by Gasteiger charge is 2.35. The number of aliphatic hydroxyl groups excluding tert-OH is 1. The van der Waals surface area contributed by atoms with Gasteiger partial charge in [0.25, 0.3) is 5.91 Å². The summed E-state index contributed by atoms with van der Waals surface area (Å²) in [5.41, 5.74) is 2.56. The average Bonchev–Trinajstić information content (AvgIpc) is 3.29. The molecule has 0 bridgehead atoms. The lowest BCUT2D eigenvalue weighted by Crippen LogP contribution is -2.51. The fourth-order valence-electron chi connectivity index (χ4n) is 4.19. The van der Waals surface area contributed by atoms with E-state index in [-0.39, 0.29) is 42.4 Å². The number of pyridine rings is 1. The van der Waals surface area contributed by atoms with Gasteiger partial charge in [0.05, 0.1) is 25.7 Å². The number of amides is 2. The summed E-state index contributed by atoms with van der Waals surface area (Å²) in [6.07, 6.45) is 6.75. The molecule has 1 aliphatic carbocycles. The number of carbonyl (C=O) groups excluding carboxylic acids is 2. The number of fused-ring (bicyclic) bond motifs is 1. The van der Waals surface area contributed by atoms with Crippen LogP contribution in [0, 0.1) is 5.92 Å². The summed E-state index contributed by atoms with van der Waals surface area (Å²) < 4.78 is 6.28. The summed E-state index contributed by atoms with van der Waals surface area (Å²) in [6.45, 7) is 4.84. The topological polar surface area (TPSA) is 86.2 Å². The molecule has 0 radical (unpaired) electrons. The molecule has 8 heteroatoms. The highest BCUT2D eigenvalue weighted by Crippen LogP contribution is 2.32. The maximum atomic E-state index is 13.5. The minimum absolute atomic E-state index is 0.00113.